The highest BCUT2D eigenvalue weighted by molar-refractivity contribution is 8.76. The zero-order valence-corrected chi connectivity index (χ0v) is 13.7. The van der Waals surface area contributed by atoms with Gasteiger partial charge in [-0.25, -0.2) is 14.6 Å². The fourth-order valence-corrected chi connectivity index (χ4v) is 3.24. The summed E-state index contributed by atoms with van der Waals surface area (Å²) in [5.74, 6) is -0.898. The normalized spacial score (nSPS) is 12.5. The molecule has 0 spiro atoms. The number of carboxylic acid groups (broad SMARTS) is 1. The number of alkyl carbamates (subject to hydrolysis) is 1. The third-order valence-electron chi connectivity index (χ3n) is 2.01. The molecule has 0 fully saturated rings. The van der Waals surface area contributed by atoms with E-state index in [-0.39, 0.29) is 5.75 Å². The van der Waals surface area contributed by atoms with Crippen LogP contribution in [-0.4, -0.2) is 39.5 Å². The van der Waals surface area contributed by atoms with Gasteiger partial charge in [-0.1, -0.05) is 16.9 Å². The third kappa shape index (κ3) is 7.81. The molecule has 1 aromatic heterocycles. The molecule has 0 saturated heterocycles. The lowest BCUT2D eigenvalue weighted by molar-refractivity contribution is -0.138. The quantitative estimate of drug-likeness (QED) is 0.775. The number of carboxylic acids is 1. The standard InChI is InChI=1S/C13H18N2O4S2/c1-13(2,3)19-12(18)15-9(11(16)17)8-20-21-10-6-4-5-7-14-10/h4-7,9H,8H2,1-3H3,(H,15,18)(H,16,17). The number of nitrogens with zero attached hydrogens (tertiary/aromatic N) is 1. The average molecular weight is 330 g/mol. The van der Waals surface area contributed by atoms with Gasteiger partial charge in [-0.05, 0) is 43.7 Å². The molecule has 0 aliphatic carbocycles. The predicted octanol–water partition coefficient (Wildman–Crippen LogP) is 2.80. The van der Waals surface area contributed by atoms with Crippen molar-refractivity contribution in [3.8, 4) is 0 Å². The molecule has 0 aromatic carbocycles. The van der Waals surface area contributed by atoms with E-state index >= 15 is 0 Å². The molecule has 6 nitrogen and oxygen atoms in total. The molecule has 2 N–H and O–H groups in total. The maximum atomic E-state index is 11.6. The van der Waals surface area contributed by atoms with E-state index < -0.39 is 23.7 Å². The van der Waals surface area contributed by atoms with Crippen LogP contribution in [0.25, 0.3) is 0 Å². The first kappa shape index (κ1) is 17.6. The number of aromatic nitrogens is 1. The largest absolute Gasteiger partial charge is 0.480 e. The fraction of sp³-hybridized carbons (Fsp3) is 0.462. The van der Waals surface area contributed by atoms with Crippen molar-refractivity contribution in [2.24, 2.45) is 0 Å². The van der Waals surface area contributed by atoms with Crippen molar-refractivity contribution in [1.82, 2.24) is 10.3 Å². The van der Waals surface area contributed by atoms with Gasteiger partial charge in [-0.15, -0.1) is 0 Å². The van der Waals surface area contributed by atoms with Gasteiger partial charge in [0.15, 0.2) is 0 Å². The van der Waals surface area contributed by atoms with E-state index in [1.807, 2.05) is 12.1 Å². The molecule has 0 aliphatic rings. The second-order valence-corrected chi connectivity index (χ2v) is 7.43. The predicted molar refractivity (Wildman–Crippen MR) is 83.3 cm³/mol. The Balaban J connectivity index is 2.43. The molecule has 1 aromatic rings. The maximum Gasteiger partial charge on any atom is 0.408 e. The minimum absolute atomic E-state index is 0.204. The minimum atomic E-state index is -1.10. The van der Waals surface area contributed by atoms with Crippen LogP contribution in [0.3, 0.4) is 0 Å². The van der Waals surface area contributed by atoms with Crippen molar-refractivity contribution >= 4 is 33.7 Å². The van der Waals surface area contributed by atoms with Crippen molar-refractivity contribution < 1.29 is 19.4 Å². The van der Waals surface area contributed by atoms with Crippen LogP contribution in [0.2, 0.25) is 0 Å². The Bertz CT molecular complexity index is 477. The van der Waals surface area contributed by atoms with E-state index in [0.717, 1.165) is 5.03 Å². The molecule has 0 aliphatic heterocycles. The second-order valence-electron chi connectivity index (χ2n) is 5.07. The molecule has 8 heteroatoms. The third-order valence-corrected chi connectivity index (χ3v) is 4.28. The molecular formula is C13H18N2O4S2. The number of amides is 1. The molecule has 1 atom stereocenters. The van der Waals surface area contributed by atoms with Crippen LogP contribution in [0.1, 0.15) is 20.8 Å². The van der Waals surface area contributed by atoms with Gasteiger partial charge < -0.3 is 15.2 Å². The van der Waals surface area contributed by atoms with Gasteiger partial charge in [0.2, 0.25) is 0 Å². The van der Waals surface area contributed by atoms with Crippen LogP contribution >= 0.6 is 21.6 Å². The molecule has 21 heavy (non-hydrogen) atoms. The van der Waals surface area contributed by atoms with Gasteiger partial charge in [0.1, 0.15) is 16.7 Å². The maximum absolute atomic E-state index is 11.6. The first-order valence-corrected chi connectivity index (χ1v) is 8.52. The number of aliphatic carboxylic acids is 1. The van der Waals surface area contributed by atoms with E-state index in [2.05, 4.69) is 10.3 Å². The average Bonchev–Trinajstić information content (AvgIpc) is 2.36. The number of pyridine rings is 1. The Morgan fingerprint density at radius 1 is 1.43 bits per heavy atom. The number of nitrogens with one attached hydrogen (secondary N) is 1. The van der Waals surface area contributed by atoms with E-state index in [0.29, 0.717) is 0 Å². The van der Waals surface area contributed by atoms with Crippen LogP contribution in [0, 0.1) is 0 Å². The molecule has 1 unspecified atom stereocenters. The van der Waals surface area contributed by atoms with Gasteiger partial charge in [0, 0.05) is 11.9 Å². The first-order valence-electron chi connectivity index (χ1n) is 6.21. The van der Waals surface area contributed by atoms with Crippen molar-refractivity contribution in [2.45, 2.75) is 37.4 Å². The van der Waals surface area contributed by atoms with Crippen molar-refractivity contribution in [3.63, 3.8) is 0 Å². The Labute approximate surface area is 131 Å². The summed E-state index contributed by atoms with van der Waals surface area (Å²) in [5.41, 5.74) is -0.664. The number of rotatable bonds is 6. The summed E-state index contributed by atoms with van der Waals surface area (Å²) in [6, 6.07) is 4.47. The van der Waals surface area contributed by atoms with Crippen LogP contribution in [-0.2, 0) is 9.53 Å². The molecule has 0 saturated carbocycles. The number of ether oxygens (including phenoxy) is 1. The van der Waals surface area contributed by atoms with Gasteiger partial charge >= 0.3 is 12.1 Å². The van der Waals surface area contributed by atoms with E-state index in [1.165, 1.54) is 21.6 Å². The highest BCUT2D eigenvalue weighted by atomic mass is 33.1. The summed E-state index contributed by atoms with van der Waals surface area (Å²) in [4.78, 5) is 26.8. The molecule has 0 radical (unpaired) electrons. The Morgan fingerprint density at radius 2 is 2.14 bits per heavy atom. The van der Waals surface area contributed by atoms with Crippen molar-refractivity contribution in [1.29, 1.82) is 0 Å². The molecule has 116 valence electrons. The lowest BCUT2D eigenvalue weighted by Gasteiger charge is -2.21. The first-order chi connectivity index (χ1) is 9.78. The highest BCUT2D eigenvalue weighted by Crippen LogP contribution is 2.29. The summed E-state index contributed by atoms with van der Waals surface area (Å²) in [6.45, 7) is 5.15. The molecule has 1 heterocycles. The zero-order chi connectivity index (χ0) is 15.9. The molecule has 1 rings (SSSR count). The fourth-order valence-electron chi connectivity index (χ4n) is 1.18. The summed E-state index contributed by atoms with van der Waals surface area (Å²) in [7, 11) is 2.66. The highest BCUT2D eigenvalue weighted by Gasteiger charge is 2.24. The Morgan fingerprint density at radius 3 is 2.67 bits per heavy atom. The summed E-state index contributed by atoms with van der Waals surface area (Å²) < 4.78 is 5.04. The molecule has 0 bridgehead atoms. The van der Waals surface area contributed by atoms with Gasteiger partial charge in [-0.3, -0.25) is 0 Å². The molecule has 1 amide bonds. The number of hydrogen-bond donors (Lipinski definition) is 2. The number of carbonyl (C=O) groups is 2. The van der Waals surface area contributed by atoms with Crippen LogP contribution in [0.15, 0.2) is 29.4 Å². The number of carbonyl (C=O) groups excluding carboxylic acids is 1. The summed E-state index contributed by atoms with van der Waals surface area (Å²) >= 11 is 0. The monoisotopic (exact) mass is 330 g/mol. The Kier molecular flexibility index (Phi) is 6.83. The Hall–Kier alpha value is -1.41. The van der Waals surface area contributed by atoms with Crippen molar-refractivity contribution in [2.75, 3.05) is 5.75 Å². The van der Waals surface area contributed by atoms with Crippen LogP contribution < -0.4 is 5.32 Å². The van der Waals surface area contributed by atoms with Gasteiger partial charge in [0.25, 0.3) is 0 Å². The van der Waals surface area contributed by atoms with Crippen LogP contribution in [0.5, 0.6) is 0 Å². The summed E-state index contributed by atoms with van der Waals surface area (Å²) in [5, 5.41) is 12.2. The van der Waals surface area contributed by atoms with Crippen LogP contribution in [0.4, 0.5) is 4.79 Å². The van der Waals surface area contributed by atoms with Gasteiger partial charge in [-0.2, -0.15) is 0 Å². The topological polar surface area (TPSA) is 88.5 Å². The smallest absolute Gasteiger partial charge is 0.408 e. The summed E-state index contributed by atoms with van der Waals surface area (Å²) in [6.07, 6.45) is 0.926. The second kappa shape index (κ2) is 8.14. The van der Waals surface area contributed by atoms with E-state index in [9.17, 15) is 9.59 Å². The zero-order valence-electron chi connectivity index (χ0n) is 12.0. The SMILES string of the molecule is CC(C)(C)OC(=O)NC(CSSc1ccccn1)C(=O)O. The van der Waals surface area contributed by atoms with Crippen molar-refractivity contribution in [3.05, 3.63) is 24.4 Å². The van der Waals surface area contributed by atoms with Gasteiger partial charge in [0.05, 0.1) is 0 Å². The minimum Gasteiger partial charge on any atom is -0.480 e. The lowest BCUT2D eigenvalue weighted by atomic mass is 10.2. The molecular weight excluding hydrogens is 312 g/mol. The van der Waals surface area contributed by atoms with E-state index in [4.69, 9.17) is 9.84 Å². The van der Waals surface area contributed by atoms with E-state index in [1.54, 1.807) is 33.0 Å². The number of hydrogen-bond acceptors (Lipinski definition) is 6. The lowest BCUT2D eigenvalue weighted by Crippen LogP contribution is -2.44.